The summed E-state index contributed by atoms with van der Waals surface area (Å²) >= 11 is 5.22. The van der Waals surface area contributed by atoms with Crippen LogP contribution in [0.4, 0.5) is 0 Å². The monoisotopic (exact) mass is 190 g/mol. The van der Waals surface area contributed by atoms with E-state index in [9.17, 15) is 0 Å². The summed E-state index contributed by atoms with van der Waals surface area (Å²) in [6, 6.07) is 5.93. The first-order valence-electron chi connectivity index (χ1n) is 4.13. The molecular formula is C10H10N2S. The van der Waals surface area contributed by atoms with Gasteiger partial charge in [0.25, 0.3) is 0 Å². The molecule has 0 atom stereocenters. The van der Waals surface area contributed by atoms with Gasteiger partial charge < -0.3 is 0 Å². The molecule has 13 heavy (non-hydrogen) atoms. The van der Waals surface area contributed by atoms with Crippen LogP contribution >= 0.6 is 12.2 Å². The van der Waals surface area contributed by atoms with Gasteiger partial charge in [-0.15, -0.1) is 0 Å². The number of aromatic nitrogens is 2. The second-order valence-corrected chi connectivity index (χ2v) is 3.59. The fourth-order valence-corrected chi connectivity index (χ4v) is 1.64. The first-order valence-corrected chi connectivity index (χ1v) is 4.54. The highest BCUT2D eigenvalue weighted by molar-refractivity contribution is 7.71. The van der Waals surface area contributed by atoms with Gasteiger partial charge in [0, 0.05) is 11.9 Å². The van der Waals surface area contributed by atoms with E-state index >= 15 is 0 Å². The summed E-state index contributed by atoms with van der Waals surface area (Å²) < 4.78 is 2.74. The fourth-order valence-electron chi connectivity index (χ4n) is 1.33. The molecule has 0 amide bonds. The molecule has 2 aromatic heterocycles. The SMILES string of the molecule is Cc1ccc2nc(C)cc(=S)n2c1. The average molecular weight is 190 g/mol. The first-order chi connectivity index (χ1) is 6.16. The third kappa shape index (κ3) is 1.47. The lowest BCUT2D eigenvalue weighted by Gasteiger charge is -2.02. The van der Waals surface area contributed by atoms with Gasteiger partial charge in [-0.05, 0) is 31.5 Å². The minimum atomic E-state index is 0.811. The molecule has 0 fully saturated rings. The van der Waals surface area contributed by atoms with Crippen LogP contribution in [0.3, 0.4) is 0 Å². The largest absolute Gasteiger partial charge is 0.292 e. The summed E-state index contributed by atoms with van der Waals surface area (Å²) in [7, 11) is 0. The summed E-state index contributed by atoms with van der Waals surface area (Å²) in [5.41, 5.74) is 3.07. The van der Waals surface area contributed by atoms with E-state index in [4.69, 9.17) is 12.2 Å². The number of rotatable bonds is 0. The molecule has 66 valence electrons. The minimum Gasteiger partial charge on any atom is -0.292 e. The van der Waals surface area contributed by atoms with Gasteiger partial charge in [0.1, 0.15) is 10.3 Å². The zero-order valence-electron chi connectivity index (χ0n) is 7.61. The predicted molar refractivity (Wildman–Crippen MR) is 55.5 cm³/mol. The van der Waals surface area contributed by atoms with E-state index in [1.54, 1.807) is 0 Å². The quantitative estimate of drug-likeness (QED) is 0.594. The molecule has 0 unspecified atom stereocenters. The summed E-state index contributed by atoms with van der Waals surface area (Å²) in [5, 5.41) is 0. The molecule has 0 N–H and O–H groups in total. The lowest BCUT2D eigenvalue weighted by Crippen LogP contribution is -1.95. The Morgan fingerprint density at radius 1 is 1.31 bits per heavy atom. The second-order valence-electron chi connectivity index (χ2n) is 3.17. The Morgan fingerprint density at radius 3 is 2.85 bits per heavy atom. The molecule has 2 nitrogen and oxygen atoms in total. The van der Waals surface area contributed by atoms with Gasteiger partial charge in [0.2, 0.25) is 0 Å². The Kier molecular flexibility index (Phi) is 1.88. The summed E-state index contributed by atoms with van der Waals surface area (Å²) in [6.45, 7) is 4.00. The Bertz CT molecular complexity index is 514. The van der Waals surface area contributed by atoms with Gasteiger partial charge >= 0.3 is 0 Å². The van der Waals surface area contributed by atoms with Crippen LogP contribution in [0.15, 0.2) is 24.4 Å². The third-order valence-corrected chi connectivity index (χ3v) is 2.25. The molecule has 0 saturated heterocycles. The molecule has 0 aromatic carbocycles. The van der Waals surface area contributed by atoms with Gasteiger partial charge in [-0.25, -0.2) is 4.98 Å². The van der Waals surface area contributed by atoms with Crippen molar-refractivity contribution in [1.82, 2.24) is 9.38 Å². The number of hydrogen-bond acceptors (Lipinski definition) is 2. The van der Waals surface area contributed by atoms with E-state index in [0.29, 0.717) is 0 Å². The second kappa shape index (κ2) is 2.92. The predicted octanol–water partition coefficient (Wildman–Crippen LogP) is 2.68. The smallest absolute Gasteiger partial charge is 0.137 e. The van der Waals surface area contributed by atoms with Crippen LogP contribution in [0, 0.1) is 18.5 Å². The molecule has 0 aliphatic carbocycles. The fraction of sp³-hybridized carbons (Fsp3) is 0.200. The van der Waals surface area contributed by atoms with Crippen molar-refractivity contribution in [3.05, 3.63) is 40.3 Å². The Labute approximate surface area is 81.9 Å². The zero-order valence-corrected chi connectivity index (χ0v) is 8.43. The number of aryl methyl sites for hydroxylation is 2. The van der Waals surface area contributed by atoms with E-state index in [0.717, 1.165) is 16.0 Å². The van der Waals surface area contributed by atoms with Crippen molar-refractivity contribution < 1.29 is 0 Å². The number of fused-ring (bicyclic) bond motifs is 1. The first kappa shape index (κ1) is 8.38. The van der Waals surface area contributed by atoms with Gasteiger partial charge in [-0.2, -0.15) is 0 Å². The lowest BCUT2D eigenvalue weighted by atomic mass is 10.3. The molecule has 0 bridgehead atoms. The van der Waals surface area contributed by atoms with Crippen LogP contribution in [0.2, 0.25) is 0 Å². The summed E-state index contributed by atoms with van der Waals surface area (Å²) in [5.74, 6) is 0. The molecule has 0 aliphatic rings. The van der Waals surface area contributed by atoms with Gasteiger partial charge in [0.05, 0.1) is 0 Å². The highest BCUT2D eigenvalue weighted by Gasteiger charge is 1.95. The standard InChI is InChI=1S/C10H10N2S/c1-7-3-4-9-11-8(2)5-10(13)12(9)6-7/h3-6H,1-2H3. The van der Waals surface area contributed by atoms with Crippen molar-refractivity contribution in [2.45, 2.75) is 13.8 Å². The minimum absolute atomic E-state index is 0.811. The third-order valence-electron chi connectivity index (χ3n) is 1.94. The van der Waals surface area contributed by atoms with E-state index in [2.05, 4.69) is 4.98 Å². The summed E-state index contributed by atoms with van der Waals surface area (Å²) in [6.07, 6.45) is 2.00. The molecule has 0 saturated carbocycles. The zero-order chi connectivity index (χ0) is 9.42. The van der Waals surface area contributed by atoms with Crippen molar-refractivity contribution in [1.29, 1.82) is 0 Å². The van der Waals surface area contributed by atoms with Crippen LogP contribution in [-0.4, -0.2) is 9.38 Å². The summed E-state index contributed by atoms with van der Waals surface area (Å²) in [4.78, 5) is 4.37. The van der Waals surface area contributed by atoms with Crippen LogP contribution in [0.5, 0.6) is 0 Å². The Balaban J connectivity index is 2.95. The van der Waals surface area contributed by atoms with Crippen LogP contribution in [0.1, 0.15) is 11.3 Å². The average Bonchev–Trinajstić information content (AvgIpc) is 2.06. The maximum atomic E-state index is 5.22. The topological polar surface area (TPSA) is 17.3 Å². The van der Waals surface area contributed by atoms with Crippen molar-refractivity contribution >= 4 is 17.9 Å². The van der Waals surface area contributed by atoms with Crippen LogP contribution in [0.25, 0.3) is 5.65 Å². The van der Waals surface area contributed by atoms with Crippen LogP contribution < -0.4 is 0 Å². The highest BCUT2D eigenvalue weighted by atomic mass is 32.1. The maximum Gasteiger partial charge on any atom is 0.137 e. The van der Waals surface area contributed by atoms with E-state index in [1.165, 1.54) is 5.56 Å². The normalized spacial score (nSPS) is 10.6. The number of nitrogens with zero attached hydrogens (tertiary/aromatic N) is 2. The maximum absolute atomic E-state index is 5.22. The Hall–Kier alpha value is -1.22. The van der Waals surface area contributed by atoms with Gasteiger partial charge in [-0.1, -0.05) is 18.3 Å². The molecule has 2 rings (SSSR count). The van der Waals surface area contributed by atoms with Crippen LogP contribution in [-0.2, 0) is 0 Å². The molecule has 2 heterocycles. The molecule has 2 aromatic rings. The van der Waals surface area contributed by atoms with Crippen molar-refractivity contribution in [3.63, 3.8) is 0 Å². The van der Waals surface area contributed by atoms with Gasteiger partial charge in [0.15, 0.2) is 0 Å². The van der Waals surface area contributed by atoms with E-state index in [-0.39, 0.29) is 0 Å². The molecule has 3 heteroatoms. The van der Waals surface area contributed by atoms with Crippen molar-refractivity contribution in [2.24, 2.45) is 0 Å². The molecule has 0 radical (unpaired) electrons. The Morgan fingerprint density at radius 2 is 2.08 bits per heavy atom. The number of hydrogen-bond donors (Lipinski definition) is 0. The lowest BCUT2D eigenvalue weighted by molar-refractivity contribution is 1.04. The molecular weight excluding hydrogens is 180 g/mol. The molecule has 0 spiro atoms. The number of pyridine rings is 1. The van der Waals surface area contributed by atoms with Crippen molar-refractivity contribution in [2.75, 3.05) is 0 Å². The van der Waals surface area contributed by atoms with E-state index < -0.39 is 0 Å². The van der Waals surface area contributed by atoms with E-state index in [1.807, 2.05) is 42.6 Å². The van der Waals surface area contributed by atoms with Gasteiger partial charge in [-0.3, -0.25) is 4.40 Å². The molecule has 0 aliphatic heterocycles. The van der Waals surface area contributed by atoms with Crippen molar-refractivity contribution in [3.8, 4) is 0 Å². The highest BCUT2D eigenvalue weighted by Crippen LogP contribution is 2.06.